The molecule has 4 rings (SSSR count). The average molecular weight is 449 g/mol. The Morgan fingerprint density at radius 1 is 1.20 bits per heavy atom. The third-order valence-electron chi connectivity index (χ3n) is 6.33. The maximum absolute atomic E-state index is 13.2. The molecule has 0 saturated carbocycles. The van der Waals surface area contributed by atoms with Crippen LogP contribution in [0.2, 0.25) is 10.0 Å². The molecule has 160 valence electrons. The Morgan fingerprint density at radius 3 is 2.60 bits per heavy atom. The van der Waals surface area contributed by atoms with Crippen LogP contribution in [0.3, 0.4) is 0 Å². The first-order chi connectivity index (χ1) is 14.2. The van der Waals surface area contributed by atoms with Crippen LogP contribution in [0.4, 0.5) is 5.69 Å². The number of fused-ring (bicyclic) bond motifs is 1. The van der Waals surface area contributed by atoms with E-state index in [1.807, 2.05) is 43.0 Å². The molecule has 30 heavy (non-hydrogen) atoms. The zero-order valence-corrected chi connectivity index (χ0v) is 18.6. The van der Waals surface area contributed by atoms with Gasteiger partial charge in [0.15, 0.2) is 6.10 Å². The van der Waals surface area contributed by atoms with Gasteiger partial charge in [-0.25, -0.2) is 0 Å². The van der Waals surface area contributed by atoms with Gasteiger partial charge in [-0.1, -0.05) is 49.2 Å². The van der Waals surface area contributed by atoms with Crippen LogP contribution >= 0.6 is 23.2 Å². The van der Waals surface area contributed by atoms with Gasteiger partial charge in [0.25, 0.3) is 5.91 Å². The lowest BCUT2D eigenvalue weighted by atomic mass is 9.67. The van der Waals surface area contributed by atoms with Crippen molar-refractivity contribution in [3.63, 3.8) is 0 Å². The zero-order valence-electron chi connectivity index (χ0n) is 17.1. The van der Waals surface area contributed by atoms with E-state index in [0.29, 0.717) is 48.3 Å². The van der Waals surface area contributed by atoms with Crippen LogP contribution in [0, 0.1) is 5.41 Å². The van der Waals surface area contributed by atoms with Gasteiger partial charge in [0.2, 0.25) is 0 Å². The van der Waals surface area contributed by atoms with Crippen molar-refractivity contribution in [2.45, 2.75) is 38.4 Å². The van der Waals surface area contributed by atoms with Crippen molar-refractivity contribution < 1.29 is 14.6 Å². The van der Waals surface area contributed by atoms with Crippen molar-refractivity contribution in [3.8, 4) is 5.75 Å². The van der Waals surface area contributed by atoms with Crippen LogP contribution in [0.1, 0.15) is 25.8 Å². The molecule has 7 heteroatoms. The fourth-order valence-electron chi connectivity index (χ4n) is 4.30. The molecule has 0 aromatic heterocycles. The molecule has 1 fully saturated rings. The number of hydrogen-bond acceptors (Lipinski definition) is 4. The van der Waals surface area contributed by atoms with Crippen LogP contribution in [0.15, 0.2) is 42.5 Å². The molecule has 2 N–H and O–H groups in total. The Kier molecular flexibility index (Phi) is 5.64. The molecular weight excluding hydrogens is 423 g/mol. The summed E-state index contributed by atoms with van der Waals surface area (Å²) in [5, 5.41) is 16.0. The van der Waals surface area contributed by atoms with Crippen molar-refractivity contribution in [2.75, 3.05) is 25.0 Å². The van der Waals surface area contributed by atoms with Gasteiger partial charge >= 0.3 is 0 Å². The molecule has 0 aliphatic carbocycles. The molecule has 2 aliphatic heterocycles. The van der Waals surface area contributed by atoms with E-state index in [9.17, 15) is 9.90 Å². The maximum Gasteiger partial charge on any atom is 0.265 e. The summed E-state index contributed by atoms with van der Waals surface area (Å²) in [6.07, 6.45) is 0.423. The molecule has 1 amide bonds. The molecule has 0 bridgehead atoms. The molecule has 2 heterocycles. The first kappa shape index (κ1) is 21.3. The van der Waals surface area contributed by atoms with E-state index in [1.54, 1.807) is 18.2 Å². The number of nitrogens with zero attached hydrogens (tertiary/aromatic N) is 1. The van der Waals surface area contributed by atoms with E-state index in [4.69, 9.17) is 27.9 Å². The van der Waals surface area contributed by atoms with Gasteiger partial charge in [-0.3, -0.25) is 4.79 Å². The summed E-state index contributed by atoms with van der Waals surface area (Å²) in [6, 6.07) is 12.9. The number of hydrogen-bond donors (Lipinski definition) is 2. The lowest BCUT2D eigenvalue weighted by Crippen LogP contribution is -2.61. The third-order valence-corrected chi connectivity index (χ3v) is 6.81. The second-order valence-electron chi connectivity index (χ2n) is 8.86. The summed E-state index contributed by atoms with van der Waals surface area (Å²) in [7, 11) is 0. The molecule has 5 nitrogen and oxygen atoms in total. The van der Waals surface area contributed by atoms with Crippen molar-refractivity contribution in [3.05, 3.63) is 58.1 Å². The summed E-state index contributed by atoms with van der Waals surface area (Å²) in [4.78, 5) is 15.0. The summed E-state index contributed by atoms with van der Waals surface area (Å²) in [6.45, 7) is 5.36. The van der Waals surface area contributed by atoms with E-state index >= 15 is 0 Å². The predicted octanol–water partition coefficient (Wildman–Crippen LogP) is 4.40. The topological polar surface area (TPSA) is 61.8 Å². The largest absolute Gasteiger partial charge is 0.477 e. The van der Waals surface area contributed by atoms with Gasteiger partial charge in [-0.05, 0) is 42.3 Å². The number of piperidine rings is 1. The molecule has 2 aromatic carbocycles. The van der Waals surface area contributed by atoms with Crippen molar-refractivity contribution in [1.29, 1.82) is 0 Å². The lowest BCUT2D eigenvalue weighted by molar-refractivity contribution is -0.156. The van der Waals surface area contributed by atoms with E-state index < -0.39 is 17.1 Å². The number of carbonyl (C=O) groups is 1. The molecule has 2 aromatic rings. The van der Waals surface area contributed by atoms with Crippen LogP contribution in [-0.2, 0) is 11.2 Å². The van der Waals surface area contributed by atoms with Gasteiger partial charge in [0, 0.05) is 35.0 Å². The number of likely N-dealkylation sites (tertiary alicyclic amines) is 1. The first-order valence-corrected chi connectivity index (χ1v) is 10.9. The van der Waals surface area contributed by atoms with Gasteiger partial charge < -0.3 is 20.1 Å². The van der Waals surface area contributed by atoms with Crippen LogP contribution in [0.5, 0.6) is 5.75 Å². The minimum absolute atomic E-state index is 0.0651. The molecule has 2 unspecified atom stereocenters. The molecule has 1 saturated heterocycles. The molecule has 0 radical (unpaired) electrons. The lowest BCUT2D eigenvalue weighted by Gasteiger charge is -2.51. The van der Waals surface area contributed by atoms with Gasteiger partial charge in [-0.2, -0.15) is 0 Å². The second kappa shape index (κ2) is 7.95. The molecular formula is C23H26Cl2N2O3. The zero-order chi connectivity index (χ0) is 21.5. The van der Waals surface area contributed by atoms with Gasteiger partial charge in [0.05, 0.1) is 17.8 Å². The summed E-state index contributed by atoms with van der Waals surface area (Å²) in [5.41, 5.74) is 0.438. The fraction of sp³-hybridized carbons (Fsp3) is 0.435. The highest BCUT2D eigenvalue weighted by molar-refractivity contribution is 6.31. The second-order valence-corrected chi connectivity index (χ2v) is 9.73. The highest BCUT2D eigenvalue weighted by Crippen LogP contribution is 2.41. The van der Waals surface area contributed by atoms with Crippen molar-refractivity contribution in [2.24, 2.45) is 5.41 Å². The Balaban J connectivity index is 1.44. The fourth-order valence-corrected chi connectivity index (χ4v) is 4.60. The minimum Gasteiger partial charge on any atom is -0.477 e. The van der Waals surface area contributed by atoms with E-state index in [0.717, 1.165) is 11.3 Å². The van der Waals surface area contributed by atoms with Crippen LogP contribution < -0.4 is 10.1 Å². The Bertz CT molecular complexity index is 948. The number of benzene rings is 2. The predicted molar refractivity (Wildman–Crippen MR) is 119 cm³/mol. The Morgan fingerprint density at radius 2 is 1.90 bits per heavy atom. The average Bonchev–Trinajstić information content (AvgIpc) is 2.71. The highest BCUT2D eigenvalue weighted by atomic mass is 35.5. The van der Waals surface area contributed by atoms with Crippen molar-refractivity contribution in [1.82, 2.24) is 4.90 Å². The standard InChI is InChI=1S/C23H26Cl2N2O3/c1-22(2)14-27(10-9-23(22,29)12-15-3-5-16(24)6-4-15)21(28)20-13-26-18-11-17(25)7-8-19(18)30-20/h3-8,11,20,26,29H,9-10,12-14H2,1-2H3. The van der Waals surface area contributed by atoms with Gasteiger partial charge in [-0.15, -0.1) is 0 Å². The number of amides is 1. The quantitative estimate of drug-likeness (QED) is 0.730. The number of halogens is 2. The number of carbonyl (C=O) groups excluding carboxylic acids is 1. The normalized spacial score (nSPS) is 25.1. The number of aliphatic hydroxyl groups is 1. The first-order valence-electron chi connectivity index (χ1n) is 10.1. The highest BCUT2D eigenvalue weighted by Gasteiger charge is 2.49. The third kappa shape index (κ3) is 4.11. The van der Waals surface area contributed by atoms with Gasteiger partial charge in [0.1, 0.15) is 5.75 Å². The molecule has 2 aliphatic rings. The smallest absolute Gasteiger partial charge is 0.265 e. The summed E-state index contributed by atoms with van der Waals surface area (Å²) >= 11 is 12.0. The van der Waals surface area contributed by atoms with Crippen LogP contribution in [0.25, 0.3) is 0 Å². The van der Waals surface area contributed by atoms with E-state index in [-0.39, 0.29) is 5.91 Å². The summed E-state index contributed by atoms with van der Waals surface area (Å²) in [5.74, 6) is 0.559. The number of ether oxygens (including phenoxy) is 1. The maximum atomic E-state index is 13.2. The Hall–Kier alpha value is -1.95. The minimum atomic E-state index is -0.910. The SMILES string of the molecule is CC1(C)CN(C(=O)C2CNc3cc(Cl)ccc3O2)CCC1(O)Cc1ccc(Cl)cc1. The molecule has 2 atom stereocenters. The van der Waals surface area contributed by atoms with Crippen LogP contribution in [-0.4, -0.2) is 47.3 Å². The Labute approximate surface area is 186 Å². The summed E-state index contributed by atoms with van der Waals surface area (Å²) < 4.78 is 5.94. The number of nitrogens with one attached hydrogen (secondary N) is 1. The van der Waals surface area contributed by atoms with Crippen molar-refractivity contribution >= 4 is 34.8 Å². The molecule has 0 spiro atoms. The number of rotatable bonds is 3. The van der Waals surface area contributed by atoms with E-state index in [1.165, 1.54) is 0 Å². The monoisotopic (exact) mass is 448 g/mol. The van der Waals surface area contributed by atoms with E-state index in [2.05, 4.69) is 5.32 Å². The number of anilines is 1.